The predicted molar refractivity (Wildman–Crippen MR) is 78.4 cm³/mol. The number of hydrogen-bond donors (Lipinski definition) is 1. The third kappa shape index (κ3) is 3.10. The number of rotatable bonds is 3. The van der Waals surface area contributed by atoms with Crippen LogP contribution >= 0.6 is 23.2 Å². The zero-order valence-corrected chi connectivity index (χ0v) is 12.6. The van der Waals surface area contributed by atoms with E-state index < -0.39 is 26.3 Å². The topological polar surface area (TPSA) is 70.0 Å². The largest absolute Gasteiger partial charge is 0.278 e. The molecule has 1 N–H and O–H groups in total. The van der Waals surface area contributed by atoms with Crippen molar-refractivity contribution in [3.63, 3.8) is 0 Å². The minimum atomic E-state index is -4.17. The molecule has 108 valence electrons. The van der Waals surface area contributed by atoms with Gasteiger partial charge in [0.15, 0.2) is 0 Å². The summed E-state index contributed by atoms with van der Waals surface area (Å²) in [5, 5.41) is 9.07. The van der Waals surface area contributed by atoms with Gasteiger partial charge in [-0.15, -0.1) is 0 Å². The Morgan fingerprint density at radius 3 is 2.48 bits per heavy atom. The fourth-order valence-corrected chi connectivity index (χ4v) is 3.26. The number of nitrogens with one attached hydrogen (secondary N) is 1. The van der Waals surface area contributed by atoms with Crippen LogP contribution in [0.1, 0.15) is 5.56 Å². The normalized spacial score (nSPS) is 11.0. The first-order valence-electron chi connectivity index (χ1n) is 5.52. The highest BCUT2D eigenvalue weighted by Gasteiger charge is 2.22. The molecule has 0 aliphatic heterocycles. The molecule has 8 heteroatoms. The van der Waals surface area contributed by atoms with Crippen LogP contribution in [0.4, 0.5) is 10.1 Å². The molecule has 0 unspecified atom stereocenters. The van der Waals surface area contributed by atoms with Crippen molar-refractivity contribution >= 4 is 38.9 Å². The Balaban J connectivity index is 2.52. The SMILES string of the molecule is N#Cc1c(F)cccc1S(=O)(=O)Nc1cccc(Cl)c1Cl. The van der Waals surface area contributed by atoms with E-state index >= 15 is 0 Å². The summed E-state index contributed by atoms with van der Waals surface area (Å²) in [4.78, 5) is -0.471. The van der Waals surface area contributed by atoms with E-state index in [4.69, 9.17) is 28.5 Å². The summed E-state index contributed by atoms with van der Waals surface area (Å²) < 4.78 is 40.2. The van der Waals surface area contributed by atoms with Gasteiger partial charge in [-0.1, -0.05) is 35.3 Å². The van der Waals surface area contributed by atoms with Crippen molar-refractivity contribution < 1.29 is 12.8 Å². The van der Waals surface area contributed by atoms with E-state index in [1.54, 1.807) is 0 Å². The molecule has 0 spiro atoms. The molecule has 0 saturated carbocycles. The molecule has 0 amide bonds. The molecule has 0 aromatic heterocycles. The van der Waals surface area contributed by atoms with Crippen molar-refractivity contribution in [2.75, 3.05) is 4.72 Å². The third-order valence-corrected chi connectivity index (χ3v) is 4.80. The zero-order valence-electron chi connectivity index (χ0n) is 10.3. The number of nitrogens with zero attached hydrogens (tertiary/aromatic N) is 1. The quantitative estimate of drug-likeness (QED) is 0.920. The van der Waals surface area contributed by atoms with Crippen molar-refractivity contribution in [2.24, 2.45) is 0 Å². The van der Waals surface area contributed by atoms with Gasteiger partial charge in [0.1, 0.15) is 22.3 Å². The summed E-state index contributed by atoms with van der Waals surface area (Å²) in [7, 11) is -4.17. The van der Waals surface area contributed by atoms with Crippen LogP contribution < -0.4 is 4.72 Å². The third-order valence-electron chi connectivity index (χ3n) is 2.57. The molecular weight excluding hydrogens is 338 g/mol. The van der Waals surface area contributed by atoms with Gasteiger partial charge in [-0.2, -0.15) is 5.26 Å². The van der Waals surface area contributed by atoms with E-state index in [9.17, 15) is 12.8 Å². The van der Waals surface area contributed by atoms with Gasteiger partial charge in [-0.25, -0.2) is 12.8 Å². The minimum absolute atomic E-state index is 0.0117. The van der Waals surface area contributed by atoms with Crippen LogP contribution in [0.2, 0.25) is 10.0 Å². The number of benzene rings is 2. The second-order valence-electron chi connectivity index (χ2n) is 3.93. The van der Waals surface area contributed by atoms with E-state index in [-0.39, 0.29) is 15.7 Å². The Hall–Kier alpha value is -1.81. The standard InChI is InChI=1S/C13H7Cl2FN2O2S/c14-9-3-1-5-11(13(9)15)18-21(19,20)12-6-2-4-10(16)8(12)7-17/h1-6,18H. The van der Waals surface area contributed by atoms with E-state index in [2.05, 4.69) is 4.72 Å². The maximum Gasteiger partial charge on any atom is 0.263 e. The number of halogens is 3. The average molecular weight is 345 g/mol. The van der Waals surface area contributed by atoms with Gasteiger partial charge in [0.05, 0.1) is 15.7 Å². The Bertz CT molecular complexity index is 848. The summed E-state index contributed by atoms with van der Waals surface area (Å²) in [6.45, 7) is 0. The van der Waals surface area contributed by atoms with Crippen molar-refractivity contribution in [3.8, 4) is 6.07 Å². The fraction of sp³-hybridized carbons (Fsp3) is 0. The number of anilines is 1. The lowest BCUT2D eigenvalue weighted by Crippen LogP contribution is -2.15. The molecule has 0 heterocycles. The first-order valence-corrected chi connectivity index (χ1v) is 7.76. The Morgan fingerprint density at radius 1 is 1.14 bits per heavy atom. The number of hydrogen-bond acceptors (Lipinski definition) is 3. The van der Waals surface area contributed by atoms with Gasteiger partial charge >= 0.3 is 0 Å². The molecule has 0 radical (unpaired) electrons. The smallest absolute Gasteiger partial charge is 0.263 e. The van der Waals surface area contributed by atoms with Crippen molar-refractivity contribution in [1.82, 2.24) is 0 Å². The average Bonchev–Trinajstić information content (AvgIpc) is 2.43. The maximum absolute atomic E-state index is 13.5. The molecule has 0 fully saturated rings. The molecule has 0 bridgehead atoms. The summed E-state index contributed by atoms with van der Waals surface area (Å²) in [6.07, 6.45) is 0. The molecule has 21 heavy (non-hydrogen) atoms. The van der Waals surface area contributed by atoms with Crippen LogP contribution in [0, 0.1) is 17.1 Å². The highest BCUT2D eigenvalue weighted by Crippen LogP contribution is 2.31. The van der Waals surface area contributed by atoms with Gasteiger partial charge in [-0.3, -0.25) is 4.72 Å². The Labute approximate surface area is 130 Å². The molecule has 2 aromatic rings. The highest BCUT2D eigenvalue weighted by atomic mass is 35.5. The van der Waals surface area contributed by atoms with E-state index in [1.807, 2.05) is 0 Å². The fourth-order valence-electron chi connectivity index (χ4n) is 1.62. The highest BCUT2D eigenvalue weighted by molar-refractivity contribution is 7.92. The second kappa shape index (κ2) is 5.90. The van der Waals surface area contributed by atoms with E-state index in [0.717, 1.165) is 12.1 Å². The summed E-state index contributed by atoms with van der Waals surface area (Å²) in [5.41, 5.74) is -0.527. The first-order chi connectivity index (χ1) is 9.86. The van der Waals surface area contributed by atoms with Gasteiger partial charge in [0.2, 0.25) is 0 Å². The minimum Gasteiger partial charge on any atom is -0.278 e. The molecule has 0 saturated heterocycles. The molecule has 0 aliphatic carbocycles. The van der Waals surface area contributed by atoms with E-state index in [1.165, 1.54) is 30.3 Å². The lowest BCUT2D eigenvalue weighted by Gasteiger charge is -2.11. The van der Waals surface area contributed by atoms with Crippen LogP contribution in [0.3, 0.4) is 0 Å². The van der Waals surface area contributed by atoms with Crippen LogP contribution in [-0.2, 0) is 10.0 Å². The lowest BCUT2D eigenvalue weighted by atomic mass is 10.2. The molecule has 4 nitrogen and oxygen atoms in total. The maximum atomic E-state index is 13.5. The van der Waals surface area contributed by atoms with Crippen LogP contribution in [0.15, 0.2) is 41.3 Å². The Kier molecular flexibility index (Phi) is 4.37. The van der Waals surface area contributed by atoms with Crippen molar-refractivity contribution in [3.05, 3.63) is 57.8 Å². The summed E-state index contributed by atoms with van der Waals surface area (Å²) in [5.74, 6) is -0.919. The predicted octanol–water partition coefficient (Wildman–Crippen LogP) is 3.80. The van der Waals surface area contributed by atoms with Crippen LogP contribution in [0.25, 0.3) is 0 Å². The summed E-state index contributed by atoms with van der Waals surface area (Å²) >= 11 is 11.7. The zero-order chi connectivity index (χ0) is 15.6. The van der Waals surface area contributed by atoms with Crippen molar-refractivity contribution in [2.45, 2.75) is 4.90 Å². The van der Waals surface area contributed by atoms with Gasteiger partial charge in [0, 0.05) is 0 Å². The van der Waals surface area contributed by atoms with Crippen molar-refractivity contribution in [1.29, 1.82) is 5.26 Å². The number of nitriles is 1. The van der Waals surface area contributed by atoms with Crippen LogP contribution in [0.5, 0.6) is 0 Å². The van der Waals surface area contributed by atoms with Crippen LogP contribution in [-0.4, -0.2) is 8.42 Å². The molecule has 2 aromatic carbocycles. The number of sulfonamides is 1. The van der Waals surface area contributed by atoms with Gasteiger partial charge in [0.25, 0.3) is 10.0 Å². The Morgan fingerprint density at radius 2 is 1.81 bits per heavy atom. The molecule has 0 aliphatic rings. The molecule has 0 atom stereocenters. The first kappa shape index (κ1) is 15.6. The van der Waals surface area contributed by atoms with Gasteiger partial charge < -0.3 is 0 Å². The molecular formula is C13H7Cl2FN2O2S. The molecule has 2 rings (SSSR count). The monoisotopic (exact) mass is 344 g/mol. The van der Waals surface area contributed by atoms with Gasteiger partial charge in [-0.05, 0) is 24.3 Å². The summed E-state index contributed by atoms with van der Waals surface area (Å²) in [6, 6.07) is 9.25. The van der Waals surface area contributed by atoms with E-state index in [0.29, 0.717) is 0 Å². The second-order valence-corrected chi connectivity index (χ2v) is 6.37. The lowest BCUT2D eigenvalue weighted by molar-refractivity contribution is 0.593.